The number of rotatable bonds is 4. The number of aryl methyl sites for hydroxylation is 2. The smallest absolute Gasteiger partial charge is 0.272 e. The lowest BCUT2D eigenvalue weighted by molar-refractivity contribution is -0.114. The number of hydrogen-bond acceptors (Lipinski definition) is 5. The highest BCUT2D eigenvalue weighted by Crippen LogP contribution is 2.60. The Kier molecular flexibility index (Phi) is 4.17. The largest absolute Gasteiger partial charge is 0.281 e. The summed E-state index contributed by atoms with van der Waals surface area (Å²) in [4.78, 5) is 31.5. The minimum absolute atomic E-state index is 0.108. The molecule has 4 bridgehead atoms. The van der Waals surface area contributed by atoms with Crippen molar-refractivity contribution in [3.05, 3.63) is 27.1 Å². The second-order valence-corrected chi connectivity index (χ2v) is 11.5. The van der Waals surface area contributed by atoms with Crippen LogP contribution < -0.4 is 11.0 Å². The van der Waals surface area contributed by atoms with Gasteiger partial charge in [-0.2, -0.15) is 0 Å². The van der Waals surface area contributed by atoms with E-state index in [0.717, 1.165) is 33.0 Å². The lowest BCUT2D eigenvalue weighted by atomic mass is 9.56. The molecule has 2 heterocycles. The Balaban J connectivity index is 1.29. The van der Waals surface area contributed by atoms with Crippen molar-refractivity contribution in [2.24, 2.45) is 17.8 Å². The van der Waals surface area contributed by atoms with Crippen LogP contribution in [0.4, 0.5) is 0 Å². The number of thiophene rings is 1. The molecular weight excluding hydrogens is 378 g/mol. The van der Waals surface area contributed by atoms with Gasteiger partial charge in [0.2, 0.25) is 5.91 Å². The fourth-order valence-corrected chi connectivity index (χ4v) is 8.46. The van der Waals surface area contributed by atoms with Crippen LogP contribution >= 0.6 is 23.1 Å². The summed E-state index contributed by atoms with van der Waals surface area (Å²) in [5.41, 5.74) is 3.53. The third kappa shape index (κ3) is 3.03. The number of carbonyl (C=O) groups excluding carboxylic acids is 1. The normalized spacial score (nSPS) is 31.6. The standard InChI is InChI=1S/C20H25N3O2S2/c1-11-12(2)27-18-17(11)19(25)23(10-21-18)22-16(24)9-26-20-6-13-3-14(7-20)5-15(4-13)8-20/h10,13-15H,3-9H2,1-2H3,(H,22,24). The first-order valence-electron chi connectivity index (χ1n) is 9.83. The van der Waals surface area contributed by atoms with Crippen LogP contribution in [0, 0.1) is 31.6 Å². The van der Waals surface area contributed by atoms with Gasteiger partial charge >= 0.3 is 0 Å². The maximum absolute atomic E-state index is 12.7. The highest BCUT2D eigenvalue weighted by Gasteiger charge is 2.51. The highest BCUT2D eigenvalue weighted by atomic mass is 32.2. The van der Waals surface area contributed by atoms with Gasteiger partial charge in [-0.25, -0.2) is 9.66 Å². The minimum atomic E-state index is -0.185. The molecule has 7 heteroatoms. The summed E-state index contributed by atoms with van der Waals surface area (Å²) in [6.07, 6.45) is 9.49. The van der Waals surface area contributed by atoms with Crippen LogP contribution in [-0.4, -0.2) is 26.1 Å². The van der Waals surface area contributed by atoms with E-state index in [0.29, 0.717) is 15.9 Å². The van der Waals surface area contributed by atoms with Gasteiger partial charge in [-0.3, -0.25) is 15.0 Å². The van der Waals surface area contributed by atoms with Crippen LogP contribution in [0.3, 0.4) is 0 Å². The van der Waals surface area contributed by atoms with Gasteiger partial charge in [0.05, 0.1) is 11.1 Å². The summed E-state index contributed by atoms with van der Waals surface area (Å²) in [5.74, 6) is 2.95. The van der Waals surface area contributed by atoms with Gasteiger partial charge < -0.3 is 0 Å². The summed E-state index contributed by atoms with van der Waals surface area (Å²) < 4.78 is 1.56. The zero-order valence-electron chi connectivity index (χ0n) is 15.8. The third-order valence-electron chi connectivity index (χ3n) is 6.83. The van der Waals surface area contributed by atoms with Gasteiger partial charge in [0, 0.05) is 9.62 Å². The second-order valence-electron chi connectivity index (χ2n) is 8.81. The van der Waals surface area contributed by atoms with E-state index in [1.165, 1.54) is 60.9 Å². The maximum Gasteiger partial charge on any atom is 0.281 e. The van der Waals surface area contributed by atoms with Crippen molar-refractivity contribution in [2.75, 3.05) is 11.2 Å². The van der Waals surface area contributed by atoms with Crippen LogP contribution in [0.15, 0.2) is 11.1 Å². The van der Waals surface area contributed by atoms with Gasteiger partial charge in [-0.15, -0.1) is 23.1 Å². The van der Waals surface area contributed by atoms with E-state index in [2.05, 4.69) is 10.4 Å². The molecular formula is C20H25N3O2S2. The third-order valence-corrected chi connectivity index (χ3v) is 9.46. The molecule has 0 aromatic carbocycles. The van der Waals surface area contributed by atoms with Gasteiger partial charge in [0.25, 0.3) is 5.56 Å². The van der Waals surface area contributed by atoms with Crippen molar-refractivity contribution in [3.63, 3.8) is 0 Å². The summed E-state index contributed by atoms with van der Waals surface area (Å²) >= 11 is 3.35. The Morgan fingerprint density at radius 1 is 1.26 bits per heavy atom. The van der Waals surface area contributed by atoms with E-state index in [1.54, 1.807) is 0 Å². The molecule has 2 aromatic rings. The summed E-state index contributed by atoms with van der Waals surface area (Å²) in [6.45, 7) is 3.93. The van der Waals surface area contributed by atoms with Gasteiger partial charge in [-0.05, 0) is 75.7 Å². The van der Waals surface area contributed by atoms with Gasteiger partial charge in [0.15, 0.2) is 0 Å². The first kappa shape index (κ1) is 17.7. The van der Waals surface area contributed by atoms with Crippen molar-refractivity contribution in [1.29, 1.82) is 0 Å². The Labute approximate surface area is 166 Å². The summed E-state index contributed by atoms with van der Waals surface area (Å²) in [5, 5.41) is 0.619. The number of fused-ring (bicyclic) bond motifs is 1. The van der Waals surface area contributed by atoms with E-state index in [-0.39, 0.29) is 11.5 Å². The molecule has 0 aliphatic heterocycles. The quantitative estimate of drug-likeness (QED) is 0.842. The van der Waals surface area contributed by atoms with Crippen LogP contribution in [0.1, 0.15) is 49.0 Å². The van der Waals surface area contributed by atoms with Crippen molar-refractivity contribution < 1.29 is 4.79 Å². The molecule has 0 radical (unpaired) electrons. The molecule has 4 saturated carbocycles. The molecule has 1 N–H and O–H groups in total. The number of thioether (sulfide) groups is 1. The predicted molar refractivity (Wildman–Crippen MR) is 111 cm³/mol. The average molecular weight is 404 g/mol. The van der Waals surface area contributed by atoms with Crippen molar-refractivity contribution in [1.82, 2.24) is 9.66 Å². The summed E-state index contributed by atoms with van der Waals surface area (Å²) in [6, 6.07) is 0. The Hall–Kier alpha value is -1.34. The molecule has 0 atom stereocenters. The summed E-state index contributed by atoms with van der Waals surface area (Å²) in [7, 11) is 0. The molecule has 0 saturated heterocycles. The monoisotopic (exact) mass is 403 g/mol. The van der Waals surface area contributed by atoms with E-state index in [9.17, 15) is 9.59 Å². The fraction of sp³-hybridized carbons (Fsp3) is 0.650. The minimum Gasteiger partial charge on any atom is -0.272 e. The van der Waals surface area contributed by atoms with Crippen molar-refractivity contribution in [3.8, 4) is 0 Å². The van der Waals surface area contributed by atoms with E-state index < -0.39 is 0 Å². The second kappa shape index (κ2) is 6.34. The molecule has 6 rings (SSSR count). The van der Waals surface area contributed by atoms with Gasteiger partial charge in [0.1, 0.15) is 11.2 Å². The lowest BCUT2D eigenvalue weighted by Crippen LogP contribution is -2.49. The molecule has 4 fully saturated rings. The molecule has 144 valence electrons. The number of carbonyl (C=O) groups is 1. The Bertz CT molecular complexity index is 942. The highest BCUT2D eigenvalue weighted by molar-refractivity contribution is 8.01. The zero-order valence-corrected chi connectivity index (χ0v) is 17.4. The van der Waals surface area contributed by atoms with E-state index in [1.807, 2.05) is 25.6 Å². The topological polar surface area (TPSA) is 64.0 Å². The molecule has 0 spiro atoms. The molecule has 1 amide bonds. The first-order chi connectivity index (χ1) is 12.9. The van der Waals surface area contributed by atoms with Crippen molar-refractivity contribution >= 4 is 39.2 Å². The van der Waals surface area contributed by atoms with Gasteiger partial charge in [-0.1, -0.05) is 0 Å². The van der Waals surface area contributed by atoms with Crippen LogP contribution in [0.5, 0.6) is 0 Å². The number of amides is 1. The predicted octanol–water partition coefficient (Wildman–Crippen LogP) is 3.85. The average Bonchev–Trinajstić information content (AvgIpc) is 2.90. The maximum atomic E-state index is 12.7. The molecule has 0 unspecified atom stereocenters. The molecule has 4 aliphatic rings. The van der Waals surface area contributed by atoms with Crippen LogP contribution in [-0.2, 0) is 4.79 Å². The Morgan fingerprint density at radius 3 is 2.52 bits per heavy atom. The zero-order chi connectivity index (χ0) is 18.8. The number of hydrogen-bond donors (Lipinski definition) is 1. The van der Waals surface area contributed by atoms with E-state index in [4.69, 9.17) is 0 Å². The number of nitrogens with one attached hydrogen (secondary N) is 1. The first-order valence-corrected chi connectivity index (χ1v) is 11.6. The number of nitrogens with zero attached hydrogens (tertiary/aromatic N) is 2. The molecule has 5 nitrogen and oxygen atoms in total. The molecule has 27 heavy (non-hydrogen) atoms. The SMILES string of the molecule is Cc1sc2ncn(NC(=O)CSC34CC5CC(CC(C5)C3)C4)c(=O)c2c1C. The molecule has 2 aromatic heterocycles. The number of aromatic nitrogens is 2. The van der Waals surface area contributed by atoms with Crippen LogP contribution in [0.2, 0.25) is 0 Å². The lowest BCUT2D eigenvalue weighted by Gasteiger charge is -2.56. The van der Waals surface area contributed by atoms with E-state index >= 15 is 0 Å². The Morgan fingerprint density at radius 2 is 1.89 bits per heavy atom. The van der Waals surface area contributed by atoms with Crippen LogP contribution in [0.25, 0.3) is 10.2 Å². The fourth-order valence-electron chi connectivity index (χ4n) is 5.91. The molecule has 4 aliphatic carbocycles. The van der Waals surface area contributed by atoms with Crippen molar-refractivity contribution in [2.45, 2.75) is 57.1 Å².